The molecule has 1 aliphatic carbocycles. The van der Waals surface area contributed by atoms with E-state index in [1.165, 1.54) is 0 Å². The number of benzene rings is 1. The Morgan fingerprint density at radius 1 is 1.44 bits per heavy atom. The molecule has 3 rings (SSSR count). The van der Waals surface area contributed by atoms with Crippen LogP contribution in [0.1, 0.15) is 39.4 Å². The van der Waals surface area contributed by atoms with Gasteiger partial charge >= 0.3 is 0 Å². The molecule has 1 heterocycles. The highest BCUT2D eigenvalue weighted by molar-refractivity contribution is 6.03. The molecular formula is C14H14N2O2. The van der Waals surface area contributed by atoms with Crippen LogP contribution in [0.2, 0.25) is 0 Å². The first-order valence-electron chi connectivity index (χ1n) is 6.08. The lowest BCUT2D eigenvalue weighted by Crippen LogP contribution is -2.04. The Morgan fingerprint density at radius 3 is 2.78 bits per heavy atom. The van der Waals surface area contributed by atoms with Crippen LogP contribution < -0.4 is 0 Å². The fourth-order valence-electron chi connectivity index (χ4n) is 2.30. The number of Topliss-reactive ketones (excluding diaryl/α,β-unsaturated/α-hetero) is 1. The third kappa shape index (κ3) is 1.56. The number of nitrogens with zero attached hydrogens (tertiary/aromatic N) is 2. The number of aldehydes is 1. The van der Waals surface area contributed by atoms with Gasteiger partial charge in [-0.1, -0.05) is 0 Å². The number of hydrogen-bond donors (Lipinski definition) is 0. The minimum Gasteiger partial charge on any atom is -0.325 e. The van der Waals surface area contributed by atoms with Crippen molar-refractivity contribution in [1.82, 2.24) is 9.55 Å². The van der Waals surface area contributed by atoms with E-state index >= 15 is 0 Å². The Labute approximate surface area is 105 Å². The van der Waals surface area contributed by atoms with E-state index in [2.05, 4.69) is 4.98 Å². The van der Waals surface area contributed by atoms with Crippen molar-refractivity contribution in [3.05, 3.63) is 29.1 Å². The summed E-state index contributed by atoms with van der Waals surface area (Å²) in [5.41, 5.74) is 3.32. The normalized spacial score (nSPS) is 15.0. The molecule has 18 heavy (non-hydrogen) atoms. The summed E-state index contributed by atoms with van der Waals surface area (Å²) in [7, 11) is 1.81. The molecule has 92 valence electrons. The van der Waals surface area contributed by atoms with Gasteiger partial charge in [-0.3, -0.25) is 9.59 Å². The second kappa shape index (κ2) is 3.77. The van der Waals surface area contributed by atoms with Crippen molar-refractivity contribution in [1.29, 1.82) is 0 Å². The molecule has 1 saturated carbocycles. The molecule has 0 radical (unpaired) electrons. The molecule has 1 fully saturated rings. The van der Waals surface area contributed by atoms with Gasteiger partial charge in [0.15, 0.2) is 17.9 Å². The maximum atomic E-state index is 12.1. The van der Waals surface area contributed by atoms with Crippen LogP contribution in [-0.2, 0) is 7.05 Å². The van der Waals surface area contributed by atoms with E-state index in [0.717, 1.165) is 35.8 Å². The van der Waals surface area contributed by atoms with E-state index in [1.54, 1.807) is 11.6 Å². The predicted molar refractivity (Wildman–Crippen MR) is 67.9 cm³/mol. The summed E-state index contributed by atoms with van der Waals surface area (Å²) in [5.74, 6) is 0.809. The van der Waals surface area contributed by atoms with Gasteiger partial charge in [0.05, 0.1) is 11.0 Å². The summed E-state index contributed by atoms with van der Waals surface area (Å²) in [6.45, 7) is 1.93. The van der Waals surface area contributed by atoms with Crippen molar-refractivity contribution in [2.45, 2.75) is 19.8 Å². The third-order valence-corrected chi connectivity index (χ3v) is 3.58. The van der Waals surface area contributed by atoms with Gasteiger partial charge in [-0.15, -0.1) is 0 Å². The smallest absolute Gasteiger partial charge is 0.185 e. The molecule has 0 unspecified atom stereocenters. The zero-order valence-electron chi connectivity index (χ0n) is 10.4. The number of rotatable bonds is 3. The Bertz CT molecular complexity index is 666. The van der Waals surface area contributed by atoms with Gasteiger partial charge in [-0.25, -0.2) is 4.98 Å². The lowest BCUT2D eigenvalue weighted by molar-refractivity contribution is 0.0967. The molecule has 1 aromatic carbocycles. The van der Waals surface area contributed by atoms with Gasteiger partial charge < -0.3 is 4.57 Å². The Kier molecular flexibility index (Phi) is 2.33. The molecular weight excluding hydrogens is 228 g/mol. The Morgan fingerprint density at radius 2 is 2.17 bits per heavy atom. The fraction of sp³-hybridized carbons (Fsp3) is 0.357. The summed E-state index contributed by atoms with van der Waals surface area (Å²) < 4.78 is 1.75. The van der Waals surface area contributed by atoms with E-state index < -0.39 is 0 Å². The summed E-state index contributed by atoms with van der Waals surface area (Å²) in [6, 6.07) is 3.75. The molecule has 1 aromatic heterocycles. The van der Waals surface area contributed by atoms with E-state index in [0.29, 0.717) is 11.3 Å². The zero-order valence-corrected chi connectivity index (χ0v) is 10.4. The molecule has 0 bridgehead atoms. The topological polar surface area (TPSA) is 52.0 Å². The first-order valence-corrected chi connectivity index (χ1v) is 6.08. The van der Waals surface area contributed by atoms with Gasteiger partial charge in [-0.05, 0) is 37.5 Å². The summed E-state index contributed by atoms with van der Waals surface area (Å²) in [6.07, 6.45) is 2.73. The van der Waals surface area contributed by atoms with Gasteiger partial charge in [-0.2, -0.15) is 0 Å². The quantitative estimate of drug-likeness (QED) is 0.613. The van der Waals surface area contributed by atoms with Crippen LogP contribution in [0.4, 0.5) is 0 Å². The highest BCUT2D eigenvalue weighted by Crippen LogP contribution is 2.34. The summed E-state index contributed by atoms with van der Waals surface area (Å²) in [5, 5.41) is 0. The molecule has 0 N–H and O–H groups in total. The number of ketones is 1. The van der Waals surface area contributed by atoms with Gasteiger partial charge in [0.25, 0.3) is 0 Å². The number of aryl methyl sites for hydroxylation is 2. The molecule has 0 amide bonds. The van der Waals surface area contributed by atoms with Gasteiger partial charge in [0, 0.05) is 18.5 Å². The van der Waals surface area contributed by atoms with E-state index in [-0.39, 0.29) is 11.7 Å². The molecule has 0 aliphatic heterocycles. The molecule has 0 atom stereocenters. The van der Waals surface area contributed by atoms with Gasteiger partial charge in [0.1, 0.15) is 0 Å². The van der Waals surface area contributed by atoms with Crippen LogP contribution in [0.5, 0.6) is 0 Å². The first kappa shape index (κ1) is 11.1. The Hall–Kier alpha value is -1.97. The maximum Gasteiger partial charge on any atom is 0.185 e. The SMILES string of the molecule is Cc1cc2c(cc1C(=O)C1CC1)nc(C=O)n2C. The number of hydrogen-bond acceptors (Lipinski definition) is 3. The van der Waals surface area contributed by atoms with Crippen molar-refractivity contribution in [3.63, 3.8) is 0 Å². The van der Waals surface area contributed by atoms with E-state index in [1.807, 2.05) is 19.1 Å². The zero-order chi connectivity index (χ0) is 12.9. The monoisotopic (exact) mass is 242 g/mol. The highest BCUT2D eigenvalue weighted by Gasteiger charge is 2.31. The largest absolute Gasteiger partial charge is 0.325 e. The molecule has 2 aromatic rings. The van der Waals surface area contributed by atoms with Crippen LogP contribution in [0.3, 0.4) is 0 Å². The number of carbonyl (C=O) groups excluding carboxylic acids is 2. The second-order valence-electron chi connectivity index (χ2n) is 4.94. The predicted octanol–water partition coefficient (Wildman–Crippen LogP) is 2.29. The number of imidazole rings is 1. The lowest BCUT2D eigenvalue weighted by Gasteiger charge is -2.05. The van der Waals surface area contributed by atoms with Crippen molar-refractivity contribution in [3.8, 4) is 0 Å². The molecule has 1 aliphatic rings. The van der Waals surface area contributed by atoms with Crippen LogP contribution in [-0.4, -0.2) is 21.6 Å². The highest BCUT2D eigenvalue weighted by atomic mass is 16.1. The summed E-state index contributed by atoms with van der Waals surface area (Å²) >= 11 is 0. The average molecular weight is 242 g/mol. The van der Waals surface area contributed by atoms with Crippen molar-refractivity contribution in [2.75, 3.05) is 0 Å². The minimum absolute atomic E-state index is 0.204. The molecule has 0 spiro atoms. The number of carbonyl (C=O) groups is 2. The van der Waals surface area contributed by atoms with Crippen LogP contribution in [0, 0.1) is 12.8 Å². The Balaban J connectivity index is 2.20. The lowest BCUT2D eigenvalue weighted by atomic mass is 10.0. The summed E-state index contributed by atoms with van der Waals surface area (Å²) in [4.78, 5) is 27.2. The van der Waals surface area contributed by atoms with Crippen LogP contribution in [0.25, 0.3) is 11.0 Å². The molecule has 0 saturated heterocycles. The maximum absolute atomic E-state index is 12.1. The van der Waals surface area contributed by atoms with Crippen molar-refractivity contribution < 1.29 is 9.59 Å². The number of aromatic nitrogens is 2. The standard InChI is InChI=1S/C14H14N2O2/c1-8-5-12-11(15-13(7-17)16(12)2)6-10(8)14(18)9-3-4-9/h5-7,9H,3-4H2,1-2H3. The third-order valence-electron chi connectivity index (χ3n) is 3.58. The first-order chi connectivity index (χ1) is 8.61. The van der Waals surface area contributed by atoms with E-state index in [9.17, 15) is 9.59 Å². The van der Waals surface area contributed by atoms with E-state index in [4.69, 9.17) is 0 Å². The number of fused-ring (bicyclic) bond motifs is 1. The fourth-order valence-corrected chi connectivity index (χ4v) is 2.30. The minimum atomic E-state index is 0.204. The van der Waals surface area contributed by atoms with Crippen molar-refractivity contribution >= 4 is 23.1 Å². The average Bonchev–Trinajstić information content (AvgIpc) is 3.15. The van der Waals surface area contributed by atoms with Gasteiger partial charge in [0.2, 0.25) is 0 Å². The van der Waals surface area contributed by atoms with Crippen LogP contribution in [0.15, 0.2) is 12.1 Å². The molecule has 4 heteroatoms. The second-order valence-corrected chi connectivity index (χ2v) is 4.94. The van der Waals surface area contributed by atoms with Crippen molar-refractivity contribution in [2.24, 2.45) is 13.0 Å². The molecule has 4 nitrogen and oxygen atoms in total. The van der Waals surface area contributed by atoms with Crippen LogP contribution >= 0.6 is 0 Å².